The molecule has 4 rings (SSSR count). The second-order valence-corrected chi connectivity index (χ2v) is 9.02. The number of ether oxygens (including phenoxy) is 1. The van der Waals surface area contributed by atoms with Crippen LogP contribution < -0.4 is 5.43 Å². The largest absolute Gasteiger partial charge is 0.465 e. The number of aliphatic imine (C=N–C) groups is 1. The molecule has 2 aromatic carbocycles. The summed E-state index contributed by atoms with van der Waals surface area (Å²) in [5, 5.41) is 0.397. The van der Waals surface area contributed by atoms with E-state index in [4.69, 9.17) is 9.15 Å². The van der Waals surface area contributed by atoms with Gasteiger partial charge in [0.05, 0.1) is 12.0 Å². The van der Waals surface area contributed by atoms with Gasteiger partial charge < -0.3 is 9.15 Å². The van der Waals surface area contributed by atoms with Gasteiger partial charge in [0, 0.05) is 40.1 Å². The Hall–Kier alpha value is -3.80. The van der Waals surface area contributed by atoms with Crippen molar-refractivity contribution < 1.29 is 18.7 Å². The molecule has 6 heteroatoms. The van der Waals surface area contributed by atoms with Gasteiger partial charge in [0.25, 0.3) is 0 Å². The van der Waals surface area contributed by atoms with Crippen molar-refractivity contribution in [1.82, 2.24) is 0 Å². The first kappa shape index (κ1) is 24.3. The molecule has 0 bridgehead atoms. The summed E-state index contributed by atoms with van der Waals surface area (Å²) in [6.07, 6.45) is 0.672. The Kier molecular flexibility index (Phi) is 6.83. The van der Waals surface area contributed by atoms with Crippen LogP contribution in [-0.4, -0.2) is 24.1 Å². The number of para-hydroxylation sites is 1. The number of Topliss-reactive ketones (excluding diaryl/α,β-unsaturated/α-hetero) is 1. The third-order valence-electron chi connectivity index (χ3n) is 6.33. The van der Waals surface area contributed by atoms with Crippen LogP contribution >= 0.6 is 0 Å². The predicted octanol–water partition coefficient (Wildman–Crippen LogP) is 5.69. The van der Waals surface area contributed by atoms with Gasteiger partial charge >= 0.3 is 5.97 Å². The fourth-order valence-corrected chi connectivity index (χ4v) is 4.69. The molecule has 0 amide bonds. The van der Waals surface area contributed by atoms with Crippen molar-refractivity contribution in [2.24, 2.45) is 10.9 Å². The molecular weight excluding hydrogens is 442 g/mol. The van der Waals surface area contributed by atoms with Gasteiger partial charge in [-0.15, -0.1) is 0 Å². The van der Waals surface area contributed by atoms with Gasteiger partial charge in [-0.05, 0) is 40.2 Å². The molecule has 0 N–H and O–H groups in total. The molecule has 0 saturated heterocycles. The molecule has 0 saturated carbocycles. The van der Waals surface area contributed by atoms with E-state index in [0.717, 1.165) is 5.56 Å². The summed E-state index contributed by atoms with van der Waals surface area (Å²) in [5.41, 5.74) is 3.81. The van der Waals surface area contributed by atoms with Crippen LogP contribution in [0.2, 0.25) is 0 Å². The van der Waals surface area contributed by atoms with Gasteiger partial charge in [-0.2, -0.15) is 0 Å². The number of rotatable bonds is 6. The van der Waals surface area contributed by atoms with E-state index in [0.29, 0.717) is 51.3 Å². The van der Waals surface area contributed by atoms with Gasteiger partial charge in [-0.1, -0.05) is 48.9 Å². The van der Waals surface area contributed by atoms with Gasteiger partial charge in [-0.25, -0.2) is 0 Å². The molecule has 1 aliphatic rings. The van der Waals surface area contributed by atoms with E-state index in [-0.39, 0.29) is 17.8 Å². The maximum Gasteiger partial charge on any atom is 0.315 e. The van der Waals surface area contributed by atoms with Crippen LogP contribution in [0.1, 0.15) is 60.4 Å². The minimum absolute atomic E-state index is 0.177. The standard InChI is InChI=1S/C29H29NO5/c1-6-14-34-29(33)25-19(5)30-18(4)24(27(32)20-12-10-16(2)11-13-20)26(25)22-9-7-8-21-23(31)15-17(3)35-28(21)22/h7-13,15,25-26H,6,14H2,1-5H3. The highest BCUT2D eigenvalue weighted by Crippen LogP contribution is 2.43. The summed E-state index contributed by atoms with van der Waals surface area (Å²) in [6, 6.07) is 14.0. The number of carbonyl (C=O) groups is 2. The Morgan fingerprint density at radius 3 is 2.43 bits per heavy atom. The number of carbonyl (C=O) groups excluding carboxylic acids is 2. The quantitative estimate of drug-likeness (QED) is 0.340. The summed E-state index contributed by atoms with van der Waals surface area (Å²) < 4.78 is 11.6. The maximum absolute atomic E-state index is 13.9. The molecule has 2 heterocycles. The summed E-state index contributed by atoms with van der Waals surface area (Å²) in [4.78, 5) is 44.6. The lowest BCUT2D eigenvalue weighted by Gasteiger charge is -2.32. The summed E-state index contributed by atoms with van der Waals surface area (Å²) in [5.74, 6) is -1.77. The number of ketones is 1. The molecule has 1 aliphatic heterocycles. The number of allylic oxidation sites excluding steroid dienone is 2. The van der Waals surface area contributed by atoms with Crippen LogP contribution in [0.15, 0.2) is 74.0 Å². The average Bonchev–Trinajstić information content (AvgIpc) is 2.82. The normalized spacial score (nSPS) is 17.9. The van der Waals surface area contributed by atoms with Crippen molar-refractivity contribution in [1.29, 1.82) is 0 Å². The first-order chi connectivity index (χ1) is 16.7. The highest BCUT2D eigenvalue weighted by Gasteiger charge is 2.43. The minimum Gasteiger partial charge on any atom is -0.465 e. The Balaban J connectivity index is 1.99. The molecule has 3 aromatic rings. The zero-order valence-corrected chi connectivity index (χ0v) is 20.7. The van der Waals surface area contributed by atoms with Crippen molar-refractivity contribution in [3.63, 3.8) is 0 Å². The van der Waals surface area contributed by atoms with Crippen molar-refractivity contribution >= 4 is 28.4 Å². The molecule has 0 spiro atoms. The van der Waals surface area contributed by atoms with Crippen molar-refractivity contribution in [3.8, 4) is 0 Å². The van der Waals surface area contributed by atoms with Crippen molar-refractivity contribution in [2.45, 2.75) is 47.0 Å². The van der Waals surface area contributed by atoms with Crippen LogP contribution in [0.5, 0.6) is 0 Å². The number of fused-ring (bicyclic) bond motifs is 1. The molecule has 1 aromatic heterocycles. The maximum atomic E-state index is 13.9. The monoisotopic (exact) mass is 471 g/mol. The summed E-state index contributed by atoms with van der Waals surface area (Å²) in [6.45, 7) is 9.40. The van der Waals surface area contributed by atoms with E-state index in [9.17, 15) is 14.4 Å². The van der Waals surface area contributed by atoms with Gasteiger partial charge in [0.2, 0.25) is 0 Å². The summed E-state index contributed by atoms with van der Waals surface area (Å²) in [7, 11) is 0. The van der Waals surface area contributed by atoms with Crippen molar-refractivity contribution in [2.75, 3.05) is 6.61 Å². The van der Waals surface area contributed by atoms with Crippen LogP contribution in [0.3, 0.4) is 0 Å². The Morgan fingerprint density at radius 1 is 1.03 bits per heavy atom. The number of esters is 1. The minimum atomic E-state index is -0.828. The molecule has 6 nitrogen and oxygen atoms in total. The molecule has 2 atom stereocenters. The lowest BCUT2D eigenvalue weighted by Crippen LogP contribution is -2.36. The van der Waals surface area contributed by atoms with Gasteiger partial charge in [0.1, 0.15) is 17.3 Å². The molecule has 35 heavy (non-hydrogen) atoms. The zero-order chi connectivity index (χ0) is 25.3. The van der Waals surface area contributed by atoms with E-state index in [1.165, 1.54) is 6.07 Å². The van der Waals surface area contributed by atoms with Crippen LogP contribution in [0.25, 0.3) is 11.0 Å². The highest BCUT2D eigenvalue weighted by molar-refractivity contribution is 6.14. The smallest absolute Gasteiger partial charge is 0.315 e. The fraction of sp³-hybridized carbons (Fsp3) is 0.310. The molecule has 0 fully saturated rings. The van der Waals surface area contributed by atoms with Crippen LogP contribution in [0.4, 0.5) is 0 Å². The molecule has 0 radical (unpaired) electrons. The van der Waals surface area contributed by atoms with Gasteiger partial charge in [0.15, 0.2) is 11.2 Å². The lowest BCUT2D eigenvalue weighted by molar-refractivity contribution is -0.146. The van der Waals surface area contributed by atoms with E-state index in [1.54, 1.807) is 45.0 Å². The number of hydrogen-bond acceptors (Lipinski definition) is 6. The third-order valence-corrected chi connectivity index (χ3v) is 6.33. The molecule has 2 unspecified atom stereocenters. The fourth-order valence-electron chi connectivity index (χ4n) is 4.69. The molecular formula is C29H29NO5. The molecule has 0 aliphatic carbocycles. The van der Waals surface area contributed by atoms with Crippen molar-refractivity contribution in [3.05, 3.63) is 92.5 Å². The van der Waals surface area contributed by atoms with Crippen LogP contribution in [0, 0.1) is 19.8 Å². The first-order valence-corrected chi connectivity index (χ1v) is 11.8. The predicted molar refractivity (Wildman–Crippen MR) is 136 cm³/mol. The third kappa shape index (κ3) is 4.61. The second-order valence-electron chi connectivity index (χ2n) is 9.02. The first-order valence-electron chi connectivity index (χ1n) is 11.8. The second kappa shape index (κ2) is 9.82. The number of aryl methyl sites for hydroxylation is 2. The highest BCUT2D eigenvalue weighted by atomic mass is 16.5. The van der Waals surface area contributed by atoms with Crippen LogP contribution in [-0.2, 0) is 9.53 Å². The van der Waals surface area contributed by atoms with E-state index in [1.807, 2.05) is 32.0 Å². The Labute approximate surface area is 204 Å². The summed E-state index contributed by atoms with van der Waals surface area (Å²) >= 11 is 0. The number of hydrogen-bond donors (Lipinski definition) is 0. The Bertz CT molecular complexity index is 1430. The Morgan fingerprint density at radius 2 is 1.74 bits per heavy atom. The number of nitrogens with zero attached hydrogens (tertiary/aromatic N) is 1. The zero-order valence-electron chi connectivity index (χ0n) is 20.7. The number of benzene rings is 2. The lowest BCUT2D eigenvalue weighted by atomic mass is 9.73. The molecule has 180 valence electrons. The van der Waals surface area contributed by atoms with E-state index in [2.05, 4.69) is 4.99 Å². The topological polar surface area (TPSA) is 85.9 Å². The van der Waals surface area contributed by atoms with E-state index >= 15 is 0 Å². The average molecular weight is 472 g/mol. The SMILES string of the molecule is CCCOC(=O)C1C(C)=NC(C)=C(C(=O)c2ccc(C)cc2)C1c1cccc2c(=O)cc(C)oc12. The van der Waals surface area contributed by atoms with Gasteiger partial charge in [-0.3, -0.25) is 19.4 Å². The van der Waals surface area contributed by atoms with E-state index < -0.39 is 17.8 Å².